The first kappa shape index (κ1) is 14.6. The van der Waals surface area contributed by atoms with Crippen molar-refractivity contribution in [1.82, 2.24) is 10.6 Å². The standard InChI is InChI=1S/C14H18N2O3S/c1-2-9-5-6-20-12(9)8-15-14(19)16-11-4-3-10(7-11)13(17)18/h3-6,10-11H,2,7-8H2,1H3,(H,17,18)(H2,15,16,19). The van der Waals surface area contributed by atoms with Gasteiger partial charge < -0.3 is 15.7 Å². The fraction of sp³-hybridized carbons (Fsp3) is 0.429. The summed E-state index contributed by atoms with van der Waals surface area (Å²) in [6, 6.07) is 1.60. The van der Waals surface area contributed by atoms with Crippen LogP contribution in [0, 0.1) is 5.92 Å². The van der Waals surface area contributed by atoms with Gasteiger partial charge in [-0.3, -0.25) is 4.79 Å². The van der Waals surface area contributed by atoms with Crippen LogP contribution in [0.4, 0.5) is 4.79 Å². The van der Waals surface area contributed by atoms with Crippen molar-refractivity contribution in [2.45, 2.75) is 32.4 Å². The summed E-state index contributed by atoms with van der Waals surface area (Å²) in [6.07, 6.45) is 4.73. The second-order valence-electron chi connectivity index (χ2n) is 4.72. The summed E-state index contributed by atoms with van der Waals surface area (Å²) < 4.78 is 0. The van der Waals surface area contributed by atoms with Gasteiger partial charge in [0.25, 0.3) is 0 Å². The number of nitrogens with one attached hydrogen (secondary N) is 2. The van der Waals surface area contributed by atoms with Gasteiger partial charge >= 0.3 is 12.0 Å². The summed E-state index contributed by atoms with van der Waals surface area (Å²) in [7, 11) is 0. The number of rotatable bonds is 5. The van der Waals surface area contributed by atoms with Crippen molar-refractivity contribution in [3.8, 4) is 0 Å². The molecule has 2 amide bonds. The van der Waals surface area contributed by atoms with Gasteiger partial charge in [0.05, 0.1) is 18.5 Å². The number of thiophene rings is 1. The van der Waals surface area contributed by atoms with Crippen LogP contribution in [0.15, 0.2) is 23.6 Å². The van der Waals surface area contributed by atoms with Gasteiger partial charge in [-0.05, 0) is 29.9 Å². The second-order valence-corrected chi connectivity index (χ2v) is 5.72. The first-order valence-corrected chi connectivity index (χ1v) is 7.48. The molecular formula is C14H18N2O3S. The second kappa shape index (κ2) is 6.56. The van der Waals surface area contributed by atoms with E-state index in [1.54, 1.807) is 23.5 Å². The summed E-state index contributed by atoms with van der Waals surface area (Å²) in [5.41, 5.74) is 1.25. The smallest absolute Gasteiger partial charge is 0.315 e. The highest BCUT2D eigenvalue weighted by molar-refractivity contribution is 7.10. The van der Waals surface area contributed by atoms with Crippen LogP contribution in [0.5, 0.6) is 0 Å². The predicted molar refractivity (Wildman–Crippen MR) is 77.7 cm³/mol. The normalized spacial score (nSPS) is 20.9. The third kappa shape index (κ3) is 3.60. The minimum absolute atomic E-state index is 0.204. The highest BCUT2D eigenvalue weighted by Crippen LogP contribution is 2.18. The number of carbonyl (C=O) groups excluding carboxylic acids is 1. The molecule has 20 heavy (non-hydrogen) atoms. The maximum absolute atomic E-state index is 11.8. The van der Waals surface area contributed by atoms with Crippen LogP contribution in [0.2, 0.25) is 0 Å². The lowest BCUT2D eigenvalue weighted by Gasteiger charge is -2.13. The van der Waals surface area contributed by atoms with Gasteiger partial charge in [0.2, 0.25) is 0 Å². The number of hydrogen-bond donors (Lipinski definition) is 3. The van der Waals surface area contributed by atoms with E-state index in [4.69, 9.17) is 5.11 Å². The fourth-order valence-electron chi connectivity index (χ4n) is 2.21. The van der Waals surface area contributed by atoms with E-state index in [0.29, 0.717) is 13.0 Å². The first-order chi connectivity index (χ1) is 9.60. The van der Waals surface area contributed by atoms with Crippen LogP contribution in [0.1, 0.15) is 23.8 Å². The van der Waals surface area contributed by atoms with Crippen LogP contribution in [0.25, 0.3) is 0 Å². The van der Waals surface area contributed by atoms with Crippen LogP contribution in [-0.2, 0) is 17.8 Å². The summed E-state index contributed by atoms with van der Waals surface area (Å²) in [6.45, 7) is 2.59. The number of carbonyl (C=O) groups is 2. The summed E-state index contributed by atoms with van der Waals surface area (Å²) in [4.78, 5) is 23.7. The molecule has 0 radical (unpaired) electrons. The van der Waals surface area contributed by atoms with Gasteiger partial charge in [-0.15, -0.1) is 11.3 Å². The van der Waals surface area contributed by atoms with Crippen LogP contribution < -0.4 is 10.6 Å². The van der Waals surface area contributed by atoms with Crippen LogP contribution >= 0.6 is 11.3 Å². The van der Waals surface area contributed by atoms with E-state index in [1.165, 1.54) is 5.56 Å². The van der Waals surface area contributed by atoms with Gasteiger partial charge in [0, 0.05) is 4.88 Å². The van der Waals surface area contributed by atoms with E-state index in [1.807, 2.05) is 5.38 Å². The lowest BCUT2D eigenvalue weighted by Crippen LogP contribution is -2.40. The van der Waals surface area contributed by atoms with Gasteiger partial charge in [-0.25, -0.2) is 4.79 Å². The van der Waals surface area contributed by atoms with Gasteiger partial charge in [0.15, 0.2) is 0 Å². The lowest BCUT2D eigenvalue weighted by atomic mass is 10.1. The van der Waals surface area contributed by atoms with Crippen molar-refractivity contribution < 1.29 is 14.7 Å². The Morgan fingerprint density at radius 3 is 2.90 bits per heavy atom. The molecule has 0 bridgehead atoms. The Kier molecular flexibility index (Phi) is 4.79. The lowest BCUT2D eigenvalue weighted by molar-refractivity contribution is -0.140. The maximum atomic E-state index is 11.8. The molecule has 2 atom stereocenters. The predicted octanol–water partition coefficient (Wildman–Crippen LogP) is 2.14. The van der Waals surface area contributed by atoms with Crippen molar-refractivity contribution in [2.24, 2.45) is 5.92 Å². The molecule has 0 spiro atoms. The van der Waals surface area contributed by atoms with E-state index in [9.17, 15) is 9.59 Å². The Labute approximate surface area is 121 Å². The Morgan fingerprint density at radius 1 is 1.45 bits per heavy atom. The Hall–Kier alpha value is -1.82. The van der Waals surface area contributed by atoms with Crippen LogP contribution in [0.3, 0.4) is 0 Å². The first-order valence-electron chi connectivity index (χ1n) is 6.61. The van der Waals surface area contributed by atoms with Crippen molar-refractivity contribution in [3.63, 3.8) is 0 Å². The molecule has 0 aromatic carbocycles. The number of aryl methyl sites for hydroxylation is 1. The van der Waals surface area contributed by atoms with Gasteiger partial charge in [0.1, 0.15) is 0 Å². The molecule has 1 aliphatic rings. The minimum atomic E-state index is -0.850. The van der Waals surface area contributed by atoms with Crippen molar-refractivity contribution >= 4 is 23.3 Å². The quantitative estimate of drug-likeness (QED) is 0.728. The zero-order valence-electron chi connectivity index (χ0n) is 11.3. The molecule has 0 fully saturated rings. The Bertz CT molecular complexity index is 524. The third-order valence-corrected chi connectivity index (χ3v) is 4.31. The molecular weight excluding hydrogens is 276 g/mol. The zero-order chi connectivity index (χ0) is 14.5. The molecule has 6 heteroatoms. The molecule has 108 valence electrons. The number of carboxylic acid groups (broad SMARTS) is 1. The van der Waals surface area contributed by atoms with Gasteiger partial charge in [-0.2, -0.15) is 0 Å². The molecule has 3 N–H and O–H groups in total. The topological polar surface area (TPSA) is 78.4 Å². The minimum Gasteiger partial charge on any atom is -0.481 e. The molecule has 0 saturated carbocycles. The molecule has 1 aromatic rings. The largest absolute Gasteiger partial charge is 0.481 e. The summed E-state index contributed by atoms with van der Waals surface area (Å²) in [5.74, 6) is -1.35. The number of hydrogen-bond acceptors (Lipinski definition) is 3. The molecule has 5 nitrogen and oxygen atoms in total. The average molecular weight is 294 g/mol. The molecule has 1 aromatic heterocycles. The highest BCUT2D eigenvalue weighted by atomic mass is 32.1. The SMILES string of the molecule is CCc1ccsc1CNC(=O)NC1C=CC(C(=O)O)C1. The molecule has 2 unspecified atom stereocenters. The molecule has 0 saturated heterocycles. The van der Waals surface area contributed by atoms with Crippen molar-refractivity contribution in [2.75, 3.05) is 0 Å². The molecule has 2 rings (SSSR count). The number of urea groups is 1. The molecule has 1 heterocycles. The molecule has 0 aliphatic heterocycles. The summed E-state index contributed by atoms with van der Waals surface area (Å²) >= 11 is 1.63. The summed E-state index contributed by atoms with van der Waals surface area (Å²) in [5, 5.41) is 16.5. The van der Waals surface area contributed by atoms with Gasteiger partial charge in [-0.1, -0.05) is 19.1 Å². The van der Waals surface area contributed by atoms with Crippen molar-refractivity contribution in [1.29, 1.82) is 0 Å². The number of amides is 2. The Morgan fingerprint density at radius 2 is 2.25 bits per heavy atom. The van der Waals surface area contributed by atoms with E-state index in [2.05, 4.69) is 23.6 Å². The molecule has 1 aliphatic carbocycles. The van der Waals surface area contributed by atoms with Crippen molar-refractivity contribution in [3.05, 3.63) is 34.0 Å². The fourth-order valence-corrected chi connectivity index (χ4v) is 3.12. The maximum Gasteiger partial charge on any atom is 0.315 e. The monoisotopic (exact) mass is 294 g/mol. The average Bonchev–Trinajstić information content (AvgIpc) is 3.04. The number of aliphatic carboxylic acids is 1. The zero-order valence-corrected chi connectivity index (χ0v) is 12.1. The Balaban J connectivity index is 1.77. The third-order valence-electron chi connectivity index (χ3n) is 3.35. The highest BCUT2D eigenvalue weighted by Gasteiger charge is 2.25. The van der Waals surface area contributed by atoms with Crippen LogP contribution in [-0.4, -0.2) is 23.1 Å². The number of carboxylic acids is 1. The van der Waals surface area contributed by atoms with E-state index in [-0.39, 0.29) is 12.1 Å². The van der Waals surface area contributed by atoms with E-state index < -0.39 is 11.9 Å². The van der Waals surface area contributed by atoms with E-state index in [0.717, 1.165) is 11.3 Å². The van der Waals surface area contributed by atoms with E-state index >= 15 is 0 Å².